The molecule has 0 amide bonds. The molecule has 0 bridgehead atoms. The Morgan fingerprint density at radius 1 is 0.808 bits per heavy atom. The van der Waals surface area contributed by atoms with Crippen LogP contribution in [0.5, 0.6) is 0 Å². The Morgan fingerprint density at radius 2 is 1.50 bits per heavy atom. The molecular weight excluding hydrogens is 344 g/mol. The molecule has 1 aliphatic carbocycles. The molecule has 0 radical (unpaired) electrons. The highest BCUT2D eigenvalue weighted by atomic mass is 32.2. The van der Waals surface area contributed by atoms with Gasteiger partial charge < -0.3 is 0 Å². The van der Waals surface area contributed by atoms with Gasteiger partial charge in [-0.25, -0.2) is 8.42 Å². The van der Waals surface area contributed by atoms with E-state index in [2.05, 4.69) is 4.98 Å². The fraction of sp³-hybridized carbons (Fsp3) is 0.476. The van der Waals surface area contributed by atoms with E-state index >= 15 is 0 Å². The fourth-order valence-corrected chi connectivity index (χ4v) is 6.11. The van der Waals surface area contributed by atoms with Crippen LogP contribution < -0.4 is 0 Å². The molecule has 4 nitrogen and oxygen atoms in total. The number of benzene rings is 1. The van der Waals surface area contributed by atoms with Gasteiger partial charge in [-0.3, -0.25) is 4.98 Å². The van der Waals surface area contributed by atoms with Gasteiger partial charge in [0.15, 0.2) is 0 Å². The van der Waals surface area contributed by atoms with Crippen LogP contribution in [0.2, 0.25) is 0 Å². The van der Waals surface area contributed by atoms with E-state index in [0.717, 1.165) is 18.4 Å². The van der Waals surface area contributed by atoms with Crippen LogP contribution in [0.15, 0.2) is 53.7 Å². The summed E-state index contributed by atoms with van der Waals surface area (Å²) in [5.41, 5.74) is 2.32. The maximum atomic E-state index is 13.2. The predicted octanol–water partition coefficient (Wildman–Crippen LogP) is 4.66. The minimum Gasteiger partial charge on any atom is -0.265 e. The van der Waals surface area contributed by atoms with Crippen molar-refractivity contribution in [1.29, 1.82) is 0 Å². The molecule has 1 saturated heterocycles. The Bertz CT molecular complexity index is 828. The van der Waals surface area contributed by atoms with Crippen molar-refractivity contribution in [2.45, 2.75) is 61.8 Å². The van der Waals surface area contributed by atoms with Crippen LogP contribution in [0.1, 0.15) is 68.0 Å². The van der Waals surface area contributed by atoms with Crippen LogP contribution in [-0.2, 0) is 10.0 Å². The van der Waals surface area contributed by atoms with Crippen molar-refractivity contribution in [3.8, 4) is 0 Å². The molecule has 2 aliphatic rings. The highest BCUT2D eigenvalue weighted by Gasteiger charge is 2.36. The van der Waals surface area contributed by atoms with Crippen molar-refractivity contribution in [2.75, 3.05) is 6.54 Å². The van der Waals surface area contributed by atoms with E-state index in [-0.39, 0.29) is 6.04 Å². The smallest absolute Gasteiger partial charge is 0.243 e. The van der Waals surface area contributed by atoms with Gasteiger partial charge in [-0.05, 0) is 67.0 Å². The third kappa shape index (κ3) is 3.42. The average molecular weight is 371 g/mol. The molecule has 0 unspecified atom stereocenters. The van der Waals surface area contributed by atoms with E-state index in [1.807, 2.05) is 24.3 Å². The van der Waals surface area contributed by atoms with Gasteiger partial charge in [-0.15, -0.1) is 0 Å². The lowest BCUT2D eigenvalue weighted by atomic mass is 9.84. The zero-order chi connectivity index (χ0) is 18.0. The van der Waals surface area contributed by atoms with Crippen LogP contribution in [-0.4, -0.2) is 24.3 Å². The molecule has 1 aromatic carbocycles. The highest BCUT2D eigenvalue weighted by molar-refractivity contribution is 7.89. The van der Waals surface area contributed by atoms with Gasteiger partial charge in [0.2, 0.25) is 10.0 Å². The number of hydrogen-bond acceptors (Lipinski definition) is 3. The molecule has 5 heteroatoms. The van der Waals surface area contributed by atoms with Crippen molar-refractivity contribution in [2.24, 2.45) is 0 Å². The molecule has 2 heterocycles. The second kappa shape index (κ2) is 7.49. The van der Waals surface area contributed by atoms with Gasteiger partial charge in [0.05, 0.1) is 10.9 Å². The molecule has 26 heavy (non-hydrogen) atoms. The summed E-state index contributed by atoms with van der Waals surface area (Å²) >= 11 is 0. The quantitative estimate of drug-likeness (QED) is 0.787. The van der Waals surface area contributed by atoms with Crippen molar-refractivity contribution in [1.82, 2.24) is 9.29 Å². The van der Waals surface area contributed by atoms with Crippen molar-refractivity contribution >= 4 is 10.0 Å². The maximum Gasteiger partial charge on any atom is 0.243 e. The van der Waals surface area contributed by atoms with Crippen LogP contribution >= 0.6 is 0 Å². The third-order valence-electron chi connectivity index (χ3n) is 5.86. The van der Waals surface area contributed by atoms with E-state index < -0.39 is 10.0 Å². The highest BCUT2D eigenvalue weighted by Crippen LogP contribution is 2.37. The lowest BCUT2D eigenvalue weighted by molar-refractivity contribution is 0.396. The second-order valence-corrected chi connectivity index (χ2v) is 9.35. The van der Waals surface area contributed by atoms with Gasteiger partial charge in [0.25, 0.3) is 0 Å². The summed E-state index contributed by atoms with van der Waals surface area (Å²) in [5, 5.41) is 0. The number of rotatable bonds is 4. The van der Waals surface area contributed by atoms with Gasteiger partial charge in [0, 0.05) is 18.9 Å². The van der Waals surface area contributed by atoms with Gasteiger partial charge in [0.1, 0.15) is 0 Å². The number of hydrogen-bond donors (Lipinski definition) is 0. The van der Waals surface area contributed by atoms with E-state index in [0.29, 0.717) is 17.4 Å². The van der Waals surface area contributed by atoms with Crippen LogP contribution in [0.3, 0.4) is 0 Å². The van der Waals surface area contributed by atoms with Gasteiger partial charge in [-0.1, -0.05) is 31.4 Å². The van der Waals surface area contributed by atoms with Crippen molar-refractivity contribution in [3.05, 3.63) is 59.9 Å². The van der Waals surface area contributed by atoms with Crippen molar-refractivity contribution < 1.29 is 8.42 Å². The lowest BCUT2D eigenvalue weighted by Crippen LogP contribution is -2.30. The Balaban J connectivity index is 1.57. The lowest BCUT2D eigenvalue weighted by Gasteiger charge is -2.25. The van der Waals surface area contributed by atoms with E-state index in [9.17, 15) is 8.42 Å². The molecule has 0 N–H and O–H groups in total. The first-order valence-corrected chi connectivity index (χ1v) is 11.1. The first kappa shape index (κ1) is 17.7. The predicted molar refractivity (Wildman–Crippen MR) is 102 cm³/mol. The fourth-order valence-electron chi connectivity index (χ4n) is 4.43. The van der Waals surface area contributed by atoms with Crippen LogP contribution in [0.25, 0.3) is 0 Å². The minimum atomic E-state index is -3.47. The molecule has 0 spiro atoms. The molecule has 1 saturated carbocycles. The van der Waals surface area contributed by atoms with Gasteiger partial charge >= 0.3 is 0 Å². The largest absolute Gasteiger partial charge is 0.265 e. The summed E-state index contributed by atoms with van der Waals surface area (Å²) in [7, 11) is -3.47. The average Bonchev–Trinajstić information content (AvgIpc) is 3.20. The number of pyridine rings is 1. The molecule has 2 fully saturated rings. The Hall–Kier alpha value is -1.72. The zero-order valence-corrected chi connectivity index (χ0v) is 15.9. The molecular formula is C21H26N2O2S. The zero-order valence-electron chi connectivity index (χ0n) is 15.0. The third-order valence-corrected chi connectivity index (χ3v) is 7.78. The summed E-state index contributed by atoms with van der Waals surface area (Å²) in [4.78, 5) is 4.46. The number of sulfonamides is 1. The van der Waals surface area contributed by atoms with E-state index in [1.165, 1.54) is 37.7 Å². The minimum absolute atomic E-state index is 0.0824. The standard InChI is InChI=1S/C21H26N2O2S/c24-26(25,23-16-4-7-21(23)19-12-14-22-15-13-19)20-10-8-18(9-11-20)17-5-2-1-3-6-17/h8-15,17,21H,1-7,16H2/t21-/m0/s1. The monoisotopic (exact) mass is 370 g/mol. The molecule has 4 rings (SSSR count). The first-order valence-electron chi connectivity index (χ1n) is 9.68. The summed E-state index contributed by atoms with van der Waals surface area (Å²) in [6, 6.07) is 11.4. The molecule has 138 valence electrons. The summed E-state index contributed by atoms with van der Waals surface area (Å²) in [6.07, 6.45) is 11.6. The van der Waals surface area contributed by atoms with E-state index in [4.69, 9.17) is 0 Å². The maximum absolute atomic E-state index is 13.2. The number of aromatic nitrogens is 1. The summed E-state index contributed by atoms with van der Waals surface area (Å²) in [5.74, 6) is 0.594. The SMILES string of the molecule is O=S(=O)(c1ccc(C2CCCCC2)cc1)N1CCC[C@H]1c1ccncc1. The van der Waals surface area contributed by atoms with Crippen LogP contribution in [0.4, 0.5) is 0 Å². The Kier molecular flexibility index (Phi) is 5.09. The number of nitrogens with zero attached hydrogens (tertiary/aromatic N) is 2. The molecule has 1 aromatic heterocycles. The van der Waals surface area contributed by atoms with Crippen LogP contribution in [0, 0.1) is 0 Å². The first-order chi connectivity index (χ1) is 12.7. The molecule has 1 aliphatic heterocycles. The summed E-state index contributed by atoms with van der Waals surface area (Å²) < 4.78 is 28.1. The van der Waals surface area contributed by atoms with Gasteiger partial charge in [-0.2, -0.15) is 4.31 Å². The Labute approximate surface area is 156 Å². The molecule has 2 aromatic rings. The van der Waals surface area contributed by atoms with E-state index in [1.54, 1.807) is 28.8 Å². The topological polar surface area (TPSA) is 50.3 Å². The second-order valence-electron chi connectivity index (χ2n) is 7.46. The van der Waals surface area contributed by atoms with Crippen molar-refractivity contribution in [3.63, 3.8) is 0 Å². The Morgan fingerprint density at radius 3 is 2.19 bits per heavy atom. The molecule has 1 atom stereocenters. The normalized spacial score (nSPS) is 22.5. The summed E-state index contributed by atoms with van der Waals surface area (Å²) in [6.45, 7) is 0.583.